The van der Waals surface area contributed by atoms with E-state index in [9.17, 15) is 14.4 Å². The van der Waals surface area contributed by atoms with Crippen LogP contribution in [0.3, 0.4) is 0 Å². The van der Waals surface area contributed by atoms with Gasteiger partial charge in [-0.2, -0.15) is 0 Å². The number of urea groups is 2. The number of thioether (sulfide) groups is 1. The maximum atomic E-state index is 11.6. The van der Waals surface area contributed by atoms with Crippen molar-refractivity contribution in [3.8, 4) is 0 Å². The molecule has 108 valence electrons. The normalized spacial score (nSPS) is 9.65. The second-order valence-corrected chi connectivity index (χ2v) is 4.59. The molecule has 0 aliphatic carbocycles. The molecule has 0 saturated carbocycles. The Hall–Kier alpha value is -2.22. The maximum Gasteiger partial charge on any atom is 0.319 e. The van der Waals surface area contributed by atoms with E-state index in [1.54, 1.807) is 6.07 Å². The van der Waals surface area contributed by atoms with E-state index in [1.807, 2.05) is 29.8 Å². The lowest BCUT2D eigenvalue weighted by molar-refractivity contribution is -0.119. The van der Waals surface area contributed by atoms with Gasteiger partial charge in [0.2, 0.25) is 5.91 Å². The molecule has 0 heterocycles. The van der Waals surface area contributed by atoms with E-state index in [-0.39, 0.29) is 13.0 Å². The van der Waals surface area contributed by atoms with Crippen LogP contribution in [0.15, 0.2) is 29.2 Å². The molecule has 1 aromatic carbocycles. The summed E-state index contributed by atoms with van der Waals surface area (Å²) in [4.78, 5) is 34.1. The molecule has 5 N–H and O–H groups in total. The molecule has 1 rings (SSSR count). The molecule has 7 nitrogen and oxygen atoms in total. The predicted octanol–water partition coefficient (Wildman–Crippen LogP) is 1.11. The summed E-state index contributed by atoms with van der Waals surface area (Å²) in [6.07, 6.45) is 1.88. The lowest BCUT2D eigenvalue weighted by Crippen LogP contribution is -2.38. The Balaban J connectivity index is 2.37. The van der Waals surface area contributed by atoms with Crippen LogP contribution in [0, 0.1) is 0 Å². The van der Waals surface area contributed by atoms with Crippen LogP contribution in [0.4, 0.5) is 15.3 Å². The number of carbonyl (C=O) groups excluding carboxylic acids is 3. The first-order valence-electron chi connectivity index (χ1n) is 5.80. The minimum atomic E-state index is -0.909. The number of anilines is 1. The van der Waals surface area contributed by atoms with Gasteiger partial charge >= 0.3 is 12.1 Å². The number of para-hydroxylation sites is 1. The summed E-state index contributed by atoms with van der Waals surface area (Å²) in [5.41, 5.74) is 5.48. The van der Waals surface area contributed by atoms with E-state index < -0.39 is 18.0 Å². The molecule has 0 saturated heterocycles. The molecule has 20 heavy (non-hydrogen) atoms. The van der Waals surface area contributed by atoms with Crippen molar-refractivity contribution < 1.29 is 14.4 Å². The Kier molecular flexibility index (Phi) is 6.38. The van der Waals surface area contributed by atoms with Gasteiger partial charge in [0.15, 0.2) is 0 Å². The number of amides is 5. The zero-order chi connectivity index (χ0) is 15.0. The van der Waals surface area contributed by atoms with Crippen molar-refractivity contribution in [2.24, 2.45) is 5.73 Å². The molecule has 1 aromatic rings. The van der Waals surface area contributed by atoms with Gasteiger partial charge in [-0.05, 0) is 18.4 Å². The van der Waals surface area contributed by atoms with Crippen molar-refractivity contribution in [1.29, 1.82) is 0 Å². The van der Waals surface area contributed by atoms with Crippen LogP contribution < -0.4 is 21.7 Å². The molecule has 0 radical (unpaired) electrons. The molecular formula is C12H16N4O3S. The minimum Gasteiger partial charge on any atom is -0.351 e. The minimum absolute atomic E-state index is 0.0272. The van der Waals surface area contributed by atoms with E-state index >= 15 is 0 Å². The topological polar surface area (TPSA) is 113 Å². The highest BCUT2D eigenvalue weighted by Gasteiger charge is 2.07. The van der Waals surface area contributed by atoms with Crippen LogP contribution in [0.5, 0.6) is 0 Å². The van der Waals surface area contributed by atoms with Crippen molar-refractivity contribution >= 4 is 35.4 Å². The molecule has 0 fully saturated rings. The Bertz CT molecular complexity index is 507. The van der Waals surface area contributed by atoms with Gasteiger partial charge in [-0.25, -0.2) is 9.59 Å². The molecule has 0 aliphatic rings. The summed E-state index contributed by atoms with van der Waals surface area (Å²) < 4.78 is 0. The maximum absolute atomic E-state index is 11.6. The second-order valence-electron chi connectivity index (χ2n) is 3.74. The van der Waals surface area contributed by atoms with Crippen LogP contribution in [-0.2, 0) is 4.79 Å². The van der Waals surface area contributed by atoms with Crippen molar-refractivity contribution in [1.82, 2.24) is 10.6 Å². The van der Waals surface area contributed by atoms with Gasteiger partial charge in [-0.15, -0.1) is 11.8 Å². The summed E-state index contributed by atoms with van der Waals surface area (Å²) in [5, 5.41) is 7.11. The highest BCUT2D eigenvalue weighted by Crippen LogP contribution is 2.24. The average Bonchev–Trinajstić information content (AvgIpc) is 2.38. The number of carbonyl (C=O) groups is 3. The number of rotatable bonds is 5. The Labute approximate surface area is 120 Å². The lowest BCUT2D eigenvalue weighted by atomic mass is 10.3. The van der Waals surface area contributed by atoms with E-state index in [2.05, 4.69) is 10.6 Å². The standard InChI is InChI=1S/C12H16N4O3S/c1-20-9-5-3-2-4-8(9)15-12(19)14-7-6-10(17)16-11(13)18/h2-5H,6-7H2,1H3,(H2,14,15,19)(H3,13,16,17,18). The first-order valence-corrected chi connectivity index (χ1v) is 7.02. The monoisotopic (exact) mass is 296 g/mol. The zero-order valence-electron chi connectivity index (χ0n) is 10.9. The molecule has 0 aromatic heterocycles. The van der Waals surface area contributed by atoms with Crippen LogP contribution in [-0.4, -0.2) is 30.8 Å². The number of nitrogens with one attached hydrogen (secondary N) is 3. The third-order valence-electron chi connectivity index (χ3n) is 2.26. The van der Waals surface area contributed by atoms with Gasteiger partial charge in [0.05, 0.1) is 5.69 Å². The Morgan fingerprint density at radius 3 is 2.60 bits per heavy atom. The van der Waals surface area contributed by atoms with Crippen molar-refractivity contribution in [3.05, 3.63) is 24.3 Å². The number of nitrogens with two attached hydrogens (primary N) is 1. The molecular weight excluding hydrogens is 280 g/mol. The second kappa shape index (κ2) is 8.05. The van der Waals surface area contributed by atoms with E-state index in [0.29, 0.717) is 5.69 Å². The molecule has 0 aliphatic heterocycles. The fraction of sp³-hybridized carbons (Fsp3) is 0.250. The van der Waals surface area contributed by atoms with Crippen LogP contribution in [0.1, 0.15) is 6.42 Å². The van der Waals surface area contributed by atoms with Gasteiger partial charge in [0, 0.05) is 17.9 Å². The van der Waals surface area contributed by atoms with Crippen molar-refractivity contribution in [3.63, 3.8) is 0 Å². The predicted molar refractivity (Wildman–Crippen MR) is 77.6 cm³/mol. The van der Waals surface area contributed by atoms with Gasteiger partial charge in [-0.3, -0.25) is 10.1 Å². The number of benzene rings is 1. The summed E-state index contributed by atoms with van der Waals surface area (Å²) >= 11 is 1.51. The summed E-state index contributed by atoms with van der Waals surface area (Å²) in [7, 11) is 0. The zero-order valence-corrected chi connectivity index (χ0v) is 11.8. The smallest absolute Gasteiger partial charge is 0.319 e. The van der Waals surface area contributed by atoms with Crippen LogP contribution >= 0.6 is 11.8 Å². The van der Waals surface area contributed by atoms with E-state index in [4.69, 9.17) is 5.73 Å². The summed E-state index contributed by atoms with van der Waals surface area (Å²) in [6, 6.07) is 6.04. The first-order chi connectivity index (χ1) is 9.52. The summed E-state index contributed by atoms with van der Waals surface area (Å²) in [5.74, 6) is -0.540. The third kappa shape index (κ3) is 5.61. The van der Waals surface area contributed by atoms with Gasteiger partial charge < -0.3 is 16.4 Å². The molecule has 0 atom stereocenters. The summed E-state index contributed by atoms with van der Waals surface area (Å²) in [6.45, 7) is 0.104. The molecule has 0 bridgehead atoms. The number of hydrogen-bond donors (Lipinski definition) is 4. The third-order valence-corrected chi connectivity index (χ3v) is 3.05. The first kappa shape index (κ1) is 15.8. The quantitative estimate of drug-likeness (QED) is 0.610. The Morgan fingerprint density at radius 1 is 1.25 bits per heavy atom. The van der Waals surface area contributed by atoms with Crippen LogP contribution in [0.25, 0.3) is 0 Å². The van der Waals surface area contributed by atoms with Gasteiger partial charge in [-0.1, -0.05) is 12.1 Å². The molecule has 0 spiro atoms. The molecule has 5 amide bonds. The average molecular weight is 296 g/mol. The molecule has 0 unspecified atom stereocenters. The van der Waals surface area contributed by atoms with E-state index in [1.165, 1.54) is 11.8 Å². The van der Waals surface area contributed by atoms with E-state index in [0.717, 1.165) is 4.90 Å². The van der Waals surface area contributed by atoms with Gasteiger partial charge in [0.25, 0.3) is 0 Å². The highest BCUT2D eigenvalue weighted by atomic mass is 32.2. The number of primary amides is 1. The van der Waals surface area contributed by atoms with Crippen LogP contribution in [0.2, 0.25) is 0 Å². The fourth-order valence-corrected chi connectivity index (χ4v) is 1.96. The van der Waals surface area contributed by atoms with Crippen molar-refractivity contribution in [2.45, 2.75) is 11.3 Å². The SMILES string of the molecule is CSc1ccccc1NC(=O)NCCC(=O)NC(N)=O. The number of hydrogen-bond acceptors (Lipinski definition) is 4. The fourth-order valence-electron chi connectivity index (χ4n) is 1.40. The largest absolute Gasteiger partial charge is 0.351 e. The van der Waals surface area contributed by atoms with Crippen molar-refractivity contribution in [2.75, 3.05) is 18.1 Å². The highest BCUT2D eigenvalue weighted by molar-refractivity contribution is 7.98. The number of imide groups is 1. The lowest BCUT2D eigenvalue weighted by Gasteiger charge is -2.10. The van der Waals surface area contributed by atoms with Gasteiger partial charge in [0.1, 0.15) is 0 Å². The Morgan fingerprint density at radius 2 is 1.95 bits per heavy atom. The molecule has 8 heteroatoms.